The van der Waals surface area contributed by atoms with Gasteiger partial charge in [-0.2, -0.15) is 0 Å². The SMILES string of the molecule is CC1(C)OB(c2ccc3nc(Cl)ncc3c2)OC1(C)C. The summed E-state index contributed by atoms with van der Waals surface area (Å²) in [7, 11) is -0.375. The van der Waals surface area contributed by atoms with Crippen molar-refractivity contribution in [1.82, 2.24) is 9.97 Å². The van der Waals surface area contributed by atoms with Crippen molar-refractivity contribution in [2.24, 2.45) is 0 Å². The molecule has 1 saturated heterocycles. The standard InChI is InChI=1S/C14H16BClN2O2/c1-13(2)14(3,4)20-15(19-13)10-5-6-11-9(7-10)8-17-12(16)18-11/h5-8H,1-4H3. The highest BCUT2D eigenvalue weighted by Crippen LogP contribution is 2.36. The van der Waals surface area contributed by atoms with Crippen molar-refractivity contribution < 1.29 is 9.31 Å². The molecule has 4 nitrogen and oxygen atoms in total. The van der Waals surface area contributed by atoms with E-state index in [0.29, 0.717) is 0 Å². The zero-order valence-electron chi connectivity index (χ0n) is 12.0. The lowest BCUT2D eigenvalue weighted by atomic mass is 9.78. The molecule has 3 rings (SSSR count). The smallest absolute Gasteiger partial charge is 0.399 e. The first-order chi connectivity index (χ1) is 9.28. The molecule has 1 aliphatic heterocycles. The number of benzene rings is 1. The second-order valence-corrected chi connectivity index (χ2v) is 6.38. The van der Waals surface area contributed by atoms with Gasteiger partial charge in [-0.15, -0.1) is 0 Å². The molecule has 0 saturated carbocycles. The minimum absolute atomic E-state index is 0.251. The van der Waals surface area contributed by atoms with Gasteiger partial charge in [-0.1, -0.05) is 12.1 Å². The molecule has 6 heteroatoms. The normalized spacial score (nSPS) is 20.6. The summed E-state index contributed by atoms with van der Waals surface area (Å²) in [6.45, 7) is 8.15. The quantitative estimate of drug-likeness (QED) is 0.598. The molecule has 0 aliphatic carbocycles. The van der Waals surface area contributed by atoms with Gasteiger partial charge in [0, 0.05) is 11.6 Å². The van der Waals surface area contributed by atoms with Crippen LogP contribution < -0.4 is 5.46 Å². The van der Waals surface area contributed by atoms with Crippen LogP contribution >= 0.6 is 11.6 Å². The van der Waals surface area contributed by atoms with E-state index in [2.05, 4.69) is 9.97 Å². The highest BCUT2D eigenvalue weighted by molar-refractivity contribution is 6.62. The van der Waals surface area contributed by atoms with Gasteiger partial charge in [0.05, 0.1) is 16.7 Å². The Kier molecular flexibility index (Phi) is 3.05. The van der Waals surface area contributed by atoms with Gasteiger partial charge < -0.3 is 9.31 Å². The fourth-order valence-electron chi connectivity index (χ4n) is 2.16. The van der Waals surface area contributed by atoms with E-state index in [1.807, 2.05) is 45.9 Å². The van der Waals surface area contributed by atoms with Crippen molar-refractivity contribution in [1.29, 1.82) is 0 Å². The number of fused-ring (bicyclic) bond motifs is 1. The predicted molar refractivity (Wildman–Crippen MR) is 80.3 cm³/mol. The topological polar surface area (TPSA) is 44.2 Å². The van der Waals surface area contributed by atoms with Gasteiger partial charge in [-0.25, -0.2) is 9.97 Å². The third kappa shape index (κ3) is 2.20. The van der Waals surface area contributed by atoms with E-state index in [1.54, 1.807) is 6.20 Å². The molecule has 0 unspecified atom stereocenters. The van der Waals surface area contributed by atoms with Crippen LogP contribution in [-0.4, -0.2) is 28.3 Å². The molecular weight excluding hydrogens is 274 g/mol. The lowest BCUT2D eigenvalue weighted by Gasteiger charge is -2.32. The maximum atomic E-state index is 6.03. The van der Waals surface area contributed by atoms with E-state index < -0.39 is 0 Å². The first-order valence-corrected chi connectivity index (χ1v) is 6.94. The molecule has 0 radical (unpaired) electrons. The molecule has 1 aromatic carbocycles. The second kappa shape index (κ2) is 4.42. The van der Waals surface area contributed by atoms with Crippen LogP contribution in [0.5, 0.6) is 0 Å². The van der Waals surface area contributed by atoms with Crippen LogP contribution in [0.25, 0.3) is 10.9 Å². The Balaban J connectivity index is 1.98. The van der Waals surface area contributed by atoms with Crippen LogP contribution in [0.2, 0.25) is 5.28 Å². The highest BCUT2D eigenvalue weighted by atomic mass is 35.5. The number of rotatable bonds is 1. The number of aromatic nitrogens is 2. The van der Waals surface area contributed by atoms with Gasteiger partial charge in [0.15, 0.2) is 0 Å². The van der Waals surface area contributed by atoms with Gasteiger partial charge in [-0.05, 0) is 50.8 Å². The van der Waals surface area contributed by atoms with Crippen LogP contribution in [-0.2, 0) is 9.31 Å². The summed E-state index contributed by atoms with van der Waals surface area (Å²) in [5.74, 6) is 0. The Bertz CT molecular complexity index is 659. The van der Waals surface area contributed by atoms with Crippen molar-refractivity contribution >= 4 is 35.1 Å². The van der Waals surface area contributed by atoms with Gasteiger partial charge in [0.2, 0.25) is 5.28 Å². The summed E-state index contributed by atoms with van der Waals surface area (Å²) in [4.78, 5) is 8.18. The zero-order valence-corrected chi connectivity index (χ0v) is 12.7. The van der Waals surface area contributed by atoms with Crippen LogP contribution in [0.1, 0.15) is 27.7 Å². The highest BCUT2D eigenvalue weighted by Gasteiger charge is 2.51. The first-order valence-electron chi connectivity index (χ1n) is 6.56. The molecule has 0 amide bonds. The average molecular weight is 291 g/mol. The Morgan fingerprint density at radius 2 is 1.75 bits per heavy atom. The second-order valence-electron chi connectivity index (χ2n) is 6.05. The fourth-order valence-corrected chi connectivity index (χ4v) is 2.29. The molecule has 2 aromatic rings. The molecule has 104 valence electrons. The van der Waals surface area contributed by atoms with Crippen molar-refractivity contribution in [2.45, 2.75) is 38.9 Å². The van der Waals surface area contributed by atoms with Gasteiger partial charge in [0.1, 0.15) is 0 Å². The summed E-state index contributed by atoms with van der Waals surface area (Å²) in [6.07, 6.45) is 1.71. The van der Waals surface area contributed by atoms with Crippen LogP contribution in [0.4, 0.5) is 0 Å². The van der Waals surface area contributed by atoms with E-state index in [9.17, 15) is 0 Å². The Morgan fingerprint density at radius 1 is 1.10 bits per heavy atom. The van der Waals surface area contributed by atoms with Gasteiger partial charge in [0.25, 0.3) is 0 Å². The largest absolute Gasteiger partial charge is 0.494 e. The van der Waals surface area contributed by atoms with Crippen LogP contribution in [0.15, 0.2) is 24.4 Å². The predicted octanol–water partition coefficient (Wildman–Crippen LogP) is 2.58. The molecule has 0 bridgehead atoms. The van der Waals surface area contributed by atoms with E-state index in [1.165, 1.54) is 0 Å². The van der Waals surface area contributed by atoms with Gasteiger partial charge in [-0.3, -0.25) is 0 Å². The van der Waals surface area contributed by atoms with E-state index in [0.717, 1.165) is 16.4 Å². The average Bonchev–Trinajstić information content (AvgIpc) is 2.58. The summed E-state index contributed by atoms with van der Waals surface area (Å²) >= 11 is 5.79. The molecular formula is C14H16BClN2O2. The maximum absolute atomic E-state index is 6.03. The van der Waals surface area contributed by atoms with E-state index >= 15 is 0 Å². The minimum Gasteiger partial charge on any atom is -0.399 e. The summed E-state index contributed by atoms with van der Waals surface area (Å²) < 4.78 is 12.1. The molecule has 20 heavy (non-hydrogen) atoms. The van der Waals surface area contributed by atoms with Crippen LogP contribution in [0.3, 0.4) is 0 Å². The molecule has 1 aromatic heterocycles. The van der Waals surface area contributed by atoms with Crippen molar-refractivity contribution in [3.8, 4) is 0 Å². The molecule has 2 heterocycles. The number of nitrogens with zero attached hydrogens (tertiary/aromatic N) is 2. The number of hydrogen-bond acceptors (Lipinski definition) is 4. The van der Waals surface area contributed by atoms with E-state index in [4.69, 9.17) is 20.9 Å². The monoisotopic (exact) mass is 290 g/mol. The third-order valence-electron chi connectivity index (χ3n) is 4.10. The van der Waals surface area contributed by atoms with Crippen molar-refractivity contribution in [2.75, 3.05) is 0 Å². The van der Waals surface area contributed by atoms with E-state index in [-0.39, 0.29) is 23.6 Å². The molecule has 0 atom stereocenters. The Hall–Kier alpha value is -1.17. The summed E-state index contributed by atoms with van der Waals surface area (Å²) in [5.41, 5.74) is 1.08. The number of halogens is 1. The lowest BCUT2D eigenvalue weighted by Crippen LogP contribution is -2.41. The Labute approximate surface area is 123 Å². The lowest BCUT2D eigenvalue weighted by molar-refractivity contribution is 0.00578. The molecule has 0 N–H and O–H groups in total. The third-order valence-corrected chi connectivity index (χ3v) is 4.28. The van der Waals surface area contributed by atoms with Crippen LogP contribution in [0, 0.1) is 0 Å². The summed E-state index contributed by atoms with van der Waals surface area (Å²) in [5, 5.41) is 1.17. The zero-order chi connectivity index (χ0) is 14.5. The van der Waals surface area contributed by atoms with Crippen molar-refractivity contribution in [3.63, 3.8) is 0 Å². The Morgan fingerprint density at radius 3 is 2.40 bits per heavy atom. The molecule has 1 fully saturated rings. The van der Waals surface area contributed by atoms with Gasteiger partial charge >= 0.3 is 7.12 Å². The maximum Gasteiger partial charge on any atom is 0.494 e. The first kappa shape index (κ1) is 13.8. The number of hydrogen-bond donors (Lipinski definition) is 0. The molecule has 0 spiro atoms. The minimum atomic E-state index is -0.375. The summed E-state index contributed by atoms with van der Waals surface area (Å²) in [6, 6.07) is 5.84. The fraction of sp³-hybridized carbons (Fsp3) is 0.429. The van der Waals surface area contributed by atoms with Crippen molar-refractivity contribution in [3.05, 3.63) is 29.7 Å². The molecule has 1 aliphatic rings.